The van der Waals surface area contributed by atoms with E-state index in [4.69, 9.17) is 4.74 Å². The van der Waals surface area contributed by atoms with Crippen molar-refractivity contribution in [3.05, 3.63) is 30.3 Å². The molecule has 0 aliphatic heterocycles. The van der Waals surface area contributed by atoms with Crippen LogP contribution in [0.1, 0.15) is 0 Å². The smallest absolute Gasteiger partial charge is 1.00 e. The molecule has 0 aliphatic carbocycles. The molecule has 50 valence electrons. The average molecular weight is 258 g/mol. The summed E-state index contributed by atoms with van der Waals surface area (Å²) in [4.78, 5) is 0. The summed E-state index contributed by atoms with van der Waals surface area (Å²) in [6, 6.07) is 10.2. The van der Waals surface area contributed by atoms with Gasteiger partial charge >= 0.3 is 23.1 Å². The van der Waals surface area contributed by atoms with Crippen LogP contribution in [0.15, 0.2) is 24.3 Å². The molecule has 0 unspecified atom stereocenters. The molecule has 0 atom stereocenters. The Labute approximate surface area is 94.3 Å². The minimum absolute atomic E-state index is 0. The minimum atomic E-state index is 0. The van der Waals surface area contributed by atoms with E-state index in [1.807, 2.05) is 24.3 Å². The molecule has 0 radical (unpaired) electrons. The maximum Gasteiger partial charge on any atom is 2.00 e. The molecule has 0 amide bonds. The van der Waals surface area contributed by atoms with E-state index in [1.165, 1.54) is 0 Å². The van der Waals surface area contributed by atoms with Crippen molar-refractivity contribution in [1.29, 1.82) is 0 Å². The minimum Gasteiger partial charge on any atom is -1.00 e. The van der Waals surface area contributed by atoms with E-state index in [0.717, 1.165) is 5.75 Å². The first-order chi connectivity index (χ1) is 3.93. The fourth-order valence-electron chi connectivity index (χ4n) is 0.508. The van der Waals surface area contributed by atoms with Crippen LogP contribution in [0.4, 0.5) is 0 Å². The zero-order valence-electron chi connectivity index (χ0n) is 5.80. The van der Waals surface area contributed by atoms with Gasteiger partial charge in [0, 0.05) is 5.75 Å². The second kappa shape index (κ2) is 7.62. The maximum atomic E-state index is 4.89. The van der Waals surface area contributed by atoms with E-state index in [2.05, 4.69) is 6.07 Å². The van der Waals surface area contributed by atoms with Crippen molar-refractivity contribution in [2.45, 2.75) is 0 Å². The van der Waals surface area contributed by atoms with Gasteiger partial charge in [0.2, 0.25) is 0 Å². The Balaban J connectivity index is 0. The Kier molecular flexibility index (Phi) is 10.0. The van der Waals surface area contributed by atoms with Crippen molar-refractivity contribution in [1.82, 2.24) is 0 Å². The molecule has 1 rings (SSSR count). The van der Waals surface area contributed by atoms with Crippen molar-refractivity contribution in [3.8, 4) is 5.75 Å². The van der Waals surface area contributed by atoms with Crippen LogP contribution in [-0.2, 0) is 0 Å². The van der Waals surface area contributed by atoms with E-state index in [-0.39, 0.29) is 47.0 Å². The van der Waals surface area contributed by atoms with Crippen LogP contribution >= 0.6 is 0 Å². The largest absolute Gasteiger partial charge is 2.00 e. The van der Waals surface area contributed by atoms with Crippen molar-refractivity contribution >= 4 is 23.1 Å². The summed E-state index contributed by atoms with van der Waals surface area (Å²) >= 11 is 0. The van der Waals surface area contributed by atoms with Gasteiger partial charge in [0.05, 0.1) is 7.11 Å². The molecule has 1 aromatic rings. The first-order valence-corrected chi connectivity index (χ1v) is 2.43. The topological polar surface area (TPSA) is 9.23 Å². The molecule has 10 heavy (non-hydrogen) atoms. The van der Waals surface area contributed by atoms with Crippen LogP contribution in [0.5, 0.6) is 5.75 Å². The van der Waals surface area contributed by atoms with Crippen LogP contribution in [0.3, 0.4) is 0 Å². The molecular weight excluding hydrogens is 251 g/mol. The number of rotatable bonds is 1. The summed E-state index contributed by atoms with van der Waals surface area (Å²) in [7, 11) is 1.65. The van der Waals surface area contributed by atoms with Crippen LogP contribution in [0.2, 0.25) is 0 Å². The number of methoxy groups -OCH3 is 1. The quantitative estimate of drug-likeness (QED) is 0.325. The van der Waals surface area contributed by atoms with E-state index < -0.39 is 0 Å². The van der Waals surface area contributed by atoms with Gasteiger partial charge in [-0.1, -0.05) is 0 Å². The number of ether oxygens (including phenoxy) is 1. The summed E-state index contributed by atoms with van der Waals surface area (Å²) in [5.41, 5.74) is 0. The third-order valence-corrected chi connectivity index (χ3v) is 0.923. The number of hydrogen-bond donors (Lipinski definition) is 0. The van der Waals surface area contributed by atoms with Crippen molar-refractivity contribution in [3.63, 3.8) is 0 Å². The molecular formula is C7H7IMgO. The molecule has 0 spiro atoms. The summed E-state index contributed by atoms with van der Waals surface area (Å²) in [6.07, 6.45) is 0. The molecule has 0 saturated heterocycles. The SMILES string of the molecule is COc1cc[c-]cc1.[I-].[Mg+2]. The van der Waals surface area contributed by atoms with Gasteiger partial charge in [0.1, 0.15) is 0 Å². The third-order valence-electron chi connectivity index (χ3n) is 0.923. The summed E-state index contributed by atoms with van der Waals surface area (Å²) < 4.78 is 4.89. The van der Waals surface area contributed by atoms with Gasteiger partial charge in [-0.2, -0.15) is 18.2 Å². The second-order valence-electron chi connectivity index (χ2n) is 1.44. The molecule has 1 nitrogen and oxygen atoms in total. The Bertz CT molecular complexity index is 155. The van der Waals surface area contributed by atoms with Crippen LogP contribution in [-0.4, -0.2) is 30.2 Å². The maximum absolute atomic E-state index is 4.89. The van der Waals surface area contributed by atoms with E-state index in [0.29, 0.717) is 0 Å². The predicted molar refractivity (Wildman–Crippen MR) is 37.6 cm³/mol. The molecule has 0 aliphatic rings. The van der Waals surface area contributed by atoms with Crippen LogP contribution < -0.4 is 28.7 Å². The Morgan fingerprint density at radius 1 is 1.30 bits per heavy atom. The van der Waals surface area contributed by atoms with E-state index >= 15 is 0 Å². The standard InChI is InChI=1S/C7H7O.HI.Mg/c1-8-7-5-3-2-4-6-7;;/h3-6H,1H3;1H;/q-1;;+2/p-1. The predicted octanol–water partition coefficient (Wildman–Crippen LogP) is -1.88. The molecule has 0 aromatic heterocycles. The number of hydrogen-bond acceptors (Lipinski definition) is 1. The molecule has 0 fully saturated rings. The van der Waals surface area contributed by atoms with Gasteiger partial charge in [-0.3, -0.25) is 0 Å². The van der Waals surface area contributed by atoms with Crippen molar-refractivity contribution in [2.75, 3.05) is 7.11 Å². The fourth-order valence-corrected chi connectivity index (χ4v) is 0.508. The van der Waals surface area contributed by atoms with Gasteiger partial charge in [-0.05, 0) is 0 Å². The molecule has 0 saturated carbocycles. The van der Waals surface area contributed by atoms with Gasteiger partial charge in [-0.25, -0.2) is 0 Å². The van der Waals surface area contributed by atoms with Crippen LogP contribution in [0, 0.1) is 6.07 Å². The molecule has 3 heteroatoms. The van der Waals surface area contributed by atoms with E-state index in [9.17, 15) is 0 Å². The normalized spacial score (nSPS) is 6.90. The summed E-state index contributed by atoms with van der Waals surface area (Å²) in [5.74, 6) is 0.878. The molecule has 0 heterocycles. The van der Waals surface area contributed by atoms with Gasteiger partial charge in [0.15, 0.2) is 0 Å². The third kappa shape index (κ3) is 4.35. The fraction of sp³-hybridized carbons (Fsp3) is 0.143. The number of halogens is 1. The summed E-state index contributed by atoms with van der Waals surface area (Å²) in [5, 5.41) is 0. The van der Waals surface area contributed by atoms with Gasteiger partial charge in [-0.15, -0.1) is 12.1 Å². The van der Waals surface area contributed by atoms with Gasteiger partial charge in [0.25, 0.3) is 0 Å². The van der Waals surface area contributed by atoms with E-state index in [1.54, 1.807) is 7.11 Å². The first-order valence-electron chi connectivity index (χ1n) is 2.43. The number of benzene rings is 1. The van der Waals surface area contributed by atoms with Gasteiger partial charge < -0.3 is 28.7 Å². The zero-order valence-corrected chi connectivity index (χ0v) is 9.37. The monoisotopic (exact) mass is 258 g/mol. The average Bonchev–Trinajstić information content (AvgIpc) is 1.90. The second-order valence-corrected chi connectivity index (χ2v) is 1.44. The molecule has 0 bridgehead atoms. The first kappa shape index (κ1) is 13.1. The zero-order chi connectivity index (χ0) is 5.82. The Morgan fingerprint density at radius 3 is 2.10 bits per heavy atom. The Morgan fingerprint density at radius 2 is 1.80 bits per heavy atom. The molecule has 0 N–H and O–H groups in total. The van der Waals surface area contributed by atoms with Crippen molar-refractivity contribution < 1.29 is 28.7 Å². The Hall–Kier alpha value is 0.516. The summed E-state index contributed by atoms with van der Waals surface area (Å²) in [6.45, 7) is 0. The molecule has 1 aromatic carbocycles. The van der Waals surface area contributed by atoms with Crippen LogP contribution in [0.25, 0.3) is 0 Å². The van der Waals surface area contributed by atoms with Crippen molar-refractivity contribution in [2.24, 2.45) is 0 Å².